The summed E-state index contributed by atoms with van der Waals surface area (Å²) in [7, 11) is -0.404. The monoisotopic (exact) mass is 438 g/mol. The molecule has 0 spiro atoms. The molecule has 4 nitrogen and oxygen atoms in total. The van der Waals surface area contributed by atoms with E-state index in [1.54, 1.807) is 0 Å². The lowest BCUT2D eigenvalue weighted by Gasteiger charge is -2.32. The van der Waals surface area contributed by atoms with Crippen molar-refractivity contribution in [3.05, 3.63) is 78.5 Å². The lowest BCUT2D eigenvalue weighted by Crippen LogP contribution is -2.41. The van der Waals surface area contributed by atoms with Crippen LogP contribution in [0.25, 0.3) is 28.2 Å². The van der Waals surface area contributed by atoms with Crippen LogP contribution in [-0.2, 0) is 9.31 Å². The summed E-state index contributed by atoms with van der Waals surface area (Å²) in [6.45, 7) is 12.8. The average Bonchev–Trinajstić information content (AvgIpc) is 3.28. The van der Waals surface area contributed by atoms with Gasteiger partial charge in [0.2, 0.25) is 0 Å². The molecule has 1 aliphatic rings. The Bertz CT molecular complexity index is 1290. The number of fused-ring (bicyclic) bond motifs is 1. The van der Waals surface area contributed by atoms with Gasteiger partial charge in [0, 0.05) is 17.3 Å². The number of hydrogen-bond acceptors (Lipinski definition) is 3. The zero-order valence-corrected chi connectivity index (χ0v) is 20.3. The van der Waals surface area contributed by atoms with Crippen LogP contribution in [0.4, 0.5) is 0 Å². The van der Waals surface area contributed by atoms with Crippen molar-refractivity contribution >= 4 is 18.2 Å². The minimum atomic E-state index is -0.404. The molecule has 0 aliphatic carbocycles. The van der Waals surface area contributed by atoms with Gasteiger partial charge in [-0.05, 0) is 50.7 Å². The van der Waals surface area contributed by atoms with Gasteiger partial charge in [-0.2, -0.15) is 0 Å². The lowest BCUT2D eigenvalue weighted by molar-refractivity contribution is 0.00578. The van der Waals surface area contributed by atoms with Gasteiger partial charge < -0.3 is 9.31 Å². The Morgan fingerprint density at radius 2 is 1.48 bits per heavy atom. The van der Waals surface area contributed by atoms with Crippen molar-refractivity contribution in [2.75, 3.05) is 0 Å². The second-order valence-corrected chi connectivity index (χ2v) is 10.2. The first-order valence-electron chi connectivity index (χ1n) is 11.7. The van der Waals surface area contributed by atoms with Crippen LogP contribution in [0.5, 0.6) is 0 Å². The summed E-state index contributed by atoms with van der Waals surface area (Å²) < 4.78 is 14.9. The van der Waals surface area contributed by atoms with E-state index in [-0.39, 0.29) is 11.2 Å². The SMILES string of the molecule is CC(C)c1cccn2c(-c3ccccc3)c(-c3cccc(B4OC(C)(C)C(C)(C)O4)c3)nc12. The zero-order valence-electron chi connectivity index (χ0n) is 20.3. The van der Waals surface area contributed by atoms with Crippen LogP contribution < -0.4 is 5.46 Å². The van der Waals surface area contributed by atoms with Crippen LogP contribution in [0.1, 0.15) is 53.0 Å². The minimum Gasteiger partial charge on any atom is -0.399 e. The van der Waals surface area contributed by atoms with Crippen molar-refractivity contribution in [1.29, 1.82) is 0 Å². The maximum atomic E-state index is 6.32. The van der Waals surface area contributed by atoms with Crippen LogP contribution in [0.2, 0.25) is 0 Å². The predicted molar refractivity (Wildman–Crippen MR) is 136 cm³/mol. The largest absolute Gasteiger partial charge is 0.494 e. The second kappa shape index (κ2) is 7.86. The number of aromatic nitrogens is 2. The van der Waals surface area contributed by atoms with E-state index in [0.717, 1.165) is 33.6 Å². The van der Waals surface area contributed by atoms with Crippen LogP contribution in [0, 0.1) is 0 Å². The summed E-state index contributed by atoms with van der Waals surface area (Å²) in [5.41, 5.74) is 6.75. The number of rotatable bonds is 4. The number of imidazole rings is 1. The highest BCUT2D eigenvalue weighted by Crippen LogP contribution is 2.38. The van der Waals surface area contributed by atoms with Gasteiger partial charge >= 0.3 is 7.12 Å². The zero-order chi connectivity index (χ0) is 23.4. The van der Waals surface area contributed by atoms with Gasteiger partial charge in [0.25, 0.3) is 0 Å². The Labute approximate surface area is 196 Å². The van der Waals surface area contributed by atoms with E-state index >= 15 is 0 Å². The van der Waals surface area contributed by atoms with Crippen LogP contribution in [-0.4, -0.2) is 27.7 Å². The van der Waals surface area contributed by atoms with Gasteiger partial charge in [0.1, 0.15) is 5.65 Å². The second-order valence-electron chi connectivity index (χ2n) is 10.2. The van der Waals surface area contributed by atoms with E-state index in [1.807, 2.05) is 6.07 Å². The van der Waals surface area contributed by atoms with Crippen molar-refractivity contribution in [2.24, 2.45) is 0 Å². The van der Waals surface area contributed by atoms with Crippen molar-refractivity contribution in [3.63, 3.8) is 0 Å². The molecule has 1 fully saturated rings. The summed E-state index contributed by atoms with van der Waals surface area (Å²) in [6.07, 6.45) is 2.11. The van der Waals surface area contributed by atoms with Crippen molar-refractivity contribution in [1.82, 2.24) is 9.38 Å². The highest BCUT2D eigenvalue weighted by Gasteiger charge is 2.51. The maximum Gasteiger partial charge on any atom is 0.494 e. The first-order valence-corrected chi connectivity index (χ1v) is 11.7. The van der Waals surface area contributed by atoms with Crippen molar-refractivity contribution in [2.45, 2.75) is 58.7 Å². The van der Waals surface area contributed by atoms with Gasteiger partial charge in [-0.15, -0.1) is 0 Å². The third-order valence-electron chi connectivity index (χ3n) is 7.03. The van der Waals surface area contributed by atoms with E-state index in [2.05, 4.69) is 113 Å². The predicted octanol–water partition coefficient (Wildman–Crippen LogP) is 6.09. The molecule has 1 saturated heterocycles. The Kier molecular flexibility index (Phi) is 5.22. The summed E-state index contributed by atoms with van der Waals surface area (Å²) in [6, 6.07) is 23.2. The number of benzene rings is 2. The van der Waals surface area contributed by atoms with E-state index in [0.29, 0.717) is 5.92 Å². The highest BCUT2D eigenvalue weighted by atomic mass is 16.7. The molecular weight excluding hydrogens is 407 g/mol. The molecule has 1 aliphatic heterocycles. The molecule has 168 valence electrons. The van der Waals surface area contributed by atoms with E-state index in [4.69, 9.17) is 14.3 Å². The smallest absolute Gasteiger partial charge is 0.399 e. The standard InChI is InChI=1S/C28H31BN2O2/c1-19(2)23-16-11-17-31-25(20-12-8-7-9-13-20)24(30-26(23)31)21-14-10-15-22(18-21)29-32-27(3,4)28(5,6)33-29/h7-19H,1-6H3. The molecule has 2 aromatic carbocycles. The molecule has 0 atom stereocenters. The Balaban J connectivity index is 1.68. The molecule has 2 aromatic heterocycles. The van der Waals surface area contributed by atoms with Crippen molar-refractivity contribution in [3.8, 4) is 22.5 Å². The number of hydrogen-bond donors (Lipinski definition) is 0. The summed E-state index contributed by atoms with van der Waals surface area (Å²) in [5.74, 6) is 0.378. The third-order valence-corrected chi connectivity index (χ3v) is 7.03. The molecule has 5 rings (SSSR count). The van der Waals surface area contributed by atoms with Crippen LogP contribution in [0.15, 0.2) is 72.9 Å². The van der Waals surface area contributed by atoms with Crippen LogP contribution >= 0.6 is 0 Å². The molecule has 4 aromatic rings. The topological polar surface area (TPSA) is 35.8 Å². The molecule has 0 radical (unpaired) electrons. The fraction of sp³-hybridized carbons (Fsp3) is 0.321. The van der Waals surface area contributed by atoms with E-state index in [9.17, 15) is 0 Å². The fourth-order valence-electron chi connectivity index (χ4n) is 4.42. The highest BCUT2D eigenvalue weighted by molar-refractivity contribution is 6.62. The summed E-state index contributed by atoms with van der Waals surface area (Å²) in [4.78, 5) is 5.19. The van der Waals surface area contributed by atoms with Gasteiger partial charge in [-0.1, -0.05) is 74.5 Å². The molecule has 0 bridgehead atoms. The maximum absolute atomic E-state index is 6.32. The first-order chi connectivity index (χ1) is 15.7. The Morgan fingerprint density at radius 3 is 2.15 bits per heavy atom. The molecular formula is C28H31BN2O2. The van der Waals surface area contributed by atoms with Gasteiger partial charge in [0.15, 0.2) is 0 Å². The van der Waals surface area contributed by atoms with E-state index < -0.39 is 7.12 Å². The molecule has 0 saturated carbocycles. The molecule has 0 amide bonds. The summed E-state index contributed by atoms with van der Waals surface area (Å²) in [5, 5.41) is 0. The molecule has 0 unspecified atom stereocenters. The molecule has 33 heavy (non-hydrogen) atoms. The van der Waals surface area contributed by atoms with Gasteiger partial charge in [-0.3, -0.25) is 4.40 Å². The average molecular weight is 438 g/mol. The molecule has 3 heterocycles. The van der Waals surface area contributed by atoms with E-state index in [1.165, 1.54) is 5.56 Å². The quantitative estimate of drug-likeness (QED) is 0.362. The van der Waals surface area contributed by atoms with Gasteiger partial charge in [-0.25, -0.2) is 4.98 Å². The Hall–Kier alpha value is -2.89. The Morgan fingerprint density at radius 1 is 0.818 bits per heavy atom. The normalized spacial score (nSPS) is 17.2. The molecule has 5 heteroatoms. The summed E-state index contributed by atoms with van der Waals surface area (Å²) >= 11 is 0. The molecule has 0 N–H and O–H groups in total. The van der Waals surface area contributed by atoms with Crippen LogP contribution in [0.3, 0.4) is 0 Å². The van der Waals surface area contributed by atoms with Crippen molar-refractivity contribution < 1.29 is 9.31 Å². The first kappa shape index (κ1) is 21.9. The fourth-order valence-corrected chi connectivity index (χ4v) is 4.42. The lowest BCUT2D eigenvalue weighted by atomic mass is 9.78. The van der Waals surface area contributed by atoms with Gasteiger partial charge in [0.05, 0.1) is 22.6 Å². The number of nitrogens with zero attached hydrogens (tertiary/aromatic N) is 2. The minimum absolute atomic E-state index is 0.377. The third kappa shape index (κ3) is 3.69. The number of pyridine rings is 1.